The molecule has 0 radical (unpaired) electrons. The Morgan fingerprint density at radius 2 is 2.00 bits per heavy atom. The SMILES string of the molecule is CCC=O.[InH3]. The molecule has 0 aromatic carbocycles. The summed E-state index contributed by atoms with van der Waals surface area (Å²) in [5.41, 5.74) is 0. The van der Waals surface area contributed by atoms with Crippen molar-refractivity contribution in [3.63, 3.8) is 0 Å². The fourth-order valence-electron chi connectivity index (χ4n) is 0. The normalized spacial score (nSPS) is 5.00. The molecule has 0 amide bonds. The van der Waals surface area contributed by atoms with Gasteiger partial charge in [0.1, 0.15) is 6.29 Å². The monoisotopic (exact) mass is 176 g/mol. The van der Waals surface area contributed by atoms with E-state index in [0.717, 1.165) is 6.29 Å². The maximum atomic E-state index is 9.17. The zero-order valence-electron chi connectivity index (χ0n) is 2.69. The third-order valence-electron chi connectivity index (χ3n) is 0.167. The van der Waals surface area contributed by atoms with Gasteiger partial charge in [0.2, 0.25) is 0 Å². The summed E-state index contributed by atoms with van der Waals surface area (Å²) < 4.78 is 0. The van der Waals surface area contributed by atoms with Crippen LogP contribution in [0.25, 0.3) is 0 Å². The molecule has 0 N–H and O–H groups in total. The minimum absolute atomic E-state index is 0. The van der Waals surface area contributed by atoms with E-state index in [1.54, 1.807) is 0 Å². The molecule has 0 aromatic rings. The number of carbonyl (C=O) groups excluding carboxylic acids is 1. The van der Waals surface area contributed by atoms with Gasteiger partial charge in [-0.3, -0.25) is 0 Å². The summed E-state index contributed by atoms with van der Waals surface area (Å²) in [4.78, 5) is 9.17. The first kappa shape index (κ1) is 9.11. The molecule has 0 aromatic heterocycles. The van der Waals surface area contributed by atoms with Crippen molar-refractivity contribution < 1.29 is 4.79 Å². The van der Waals surface area contributed by atoms with Gasteiger partial charge < -0.3 is 4.79 Å². The van der Waals surface area contributed by atoms with E-state index in [0.29, 0.717) is 6.42 Å². The molecule has 2 heteroatoms. The van der Waals surface area contributed by atoms with E-state index >= 15 is 0 Å². The quantitative estimate of drug-likeness (QED) is 0.488. The summed E-state index contributed by atoms with van der Waals surface area (Å²) in [6, 6.07) is 0. The third kappa shape index (κ3) is 12.3. The van der Waals surface area contributed by atoms with Gasteiger partial charge in [0.15, 0.2) is 0 Å². The van der Waals surface area contributed by atoms with Crippen LogP contribution in [0.5, 0.6) is 0 Å². The molecule has 0 aliphatic heterocycles. The molecule has 0 fully saturated rings. The summed E-state index contributed by atoms with van der Waals surface area (Å²) in [6.07, 6.45) is 1.51. The molecule has 0 saturated carbocycles. The third-order valence-corrected chi connectivity index (χ3v) is 0.167. The zero-order chi connectivity index (χ0) is 3.41. The van der Waals surface area contributed by atoms with Crippen LogP contribution in [0, 0.1) is 0 Å². The van der Waals surface area contributed by atoms with Crippen molar-refractivity contribution in [1.29, 1.82) is 0 Å². The molecule has 0 atom stereocenters. The van der Waals surface area contributed by atoms with Crippen LogP contribution in [0.1, 0.15) is 13.3 Å². The minimum atomic E-state index is 0. The maximum absolute atomic E-state index is 9.17. The molecule has 30 valence electrons. The average molecular weight is 176 g/mol. The Labute approximate surface area is 50.5 Å². The number of aldehydes is 1. The molecule has 5 heavy (non-hydrogen) atoms. The van der Waals surface area contributed by atoms with Crippen LogP contribution in [-0.2, 0) is 4.79 Å². The van der Waals surface area contributed by atoms with Gasteiger partial charge in [-0.25, -0.2) is 0 Å². The Hall–Kier alpha value is 0.540. The molecule has 0 aliphatic carbocycles. The average Bonchev–Trinajstić information content (AvgIpc) is 1.37. The van der Waals surface area contributed by atoms with E-state index in [1.807, 2.05) is 6.92 Å². The predicted molar refractivity (Wildman–Crippen MR) is 26.3 cm³/mol. The molecule has 0 heterocycles. The Kier molecular flexibility index (Phi) is 16.1. The molecule has 0 aliphatic rings. The van der Waals surface area contributed by atoms with Crippen LogP contribution in [0.3, 0.4) is 0 Å². The second kappa shape index (κ2) is 8.82. The Bertz CT molecular complexity index is 20.9. The molecule has 0 unspecified atom stereocenters. The zero-order valence-corrected chi connectivity index (χ0v) is 2.69. The Morgan fingerprint density at radius 1 is 1.80 bits per heavy atom. The first-order valence-electron chi connectivity index (χ1n) is 1.35. The van der Waals surface area contributed by atoms with Gasteiger partial charge in [0, 0.05) is 6.42 Å². The van der Waals surface area contributed by atoms with E-state index < -0.39 is 0 Å². The van der Waals surface area contributed by atoms with Crippen LogP contribution in [0.15, 0.2) is 0 Å². The van der Waals surface area contributed by atoms with Crippen LogP contribution in [0.2, 0.25) is 0 Å². The van der Waals surface area contributed by atoms with Gasteiger partial charge in [-0.1, -0.05) is 6.92 Å². The van der Waals surface area contributed by atoms with Crippen LogP contribution < -0.4 is 0 Å². The molecule has 0 saturated heterocycles. The second-order valence-corrected chi connectivity index (χ2v) is 0.575. The summed E-state index contributed by atoms with van der Waals surface area (Å²) in [5, 5.41) is 0. The first-order valence-corrected chi connectivity index (χ1v) is 1.35. The van der Waals surface area contributed by atoms with Gasteiger partial charge >= 0.3 is 25.8 Å². The second-order valence-electron chi connectivity index (χ2n) is 0.575. The fourth-order valence-corrected chi connectivity index (χ4v) is 0. The van der Waals surface area contributed by atoms with Gasteiger partial charge in [0.05, 0.1) is 0 Å². The fraction of sp³-hybridized carbons (Fsp3) is 0.667. The molecule has 0 spiro atoms. The van der Waals surface area contributed by atoms with E-state index in [9.17, 15) is 4.79 Å². The predicted octanol–water partition coefficient (Wildman–Crippen LogP) is -0.589. The van der Waals surface area contributed by atoms with Crippen molar-refractivity contribution in [2.75, 3.05) is 0 Å². The van der Waals surface area contributed by atoms with Crippen molar-refractivity contribution in [3.05, 3.63) is 0 Å². The van der Waals surface area contributed by atoms with E-state index in [2.05, 4.69) is 0 Å². The van der Waals surface area contributed by atoms with Crippen molar-refractivity contribution >= 4 is 32.1 Å². The molecule has 0 rings (SSSR count). The van der Waals surface area contributed by atoms with Gasteiger partial charge in [-0.15, -0.1) is 0 Å². The summed E-state index contributed by atoms with van der Waals surface area (Å²) in [7, 11) is 0. The van der Waals surface area contributed by atoms with Crippen molar-refractivity contribution in [1.82, 2.24) is 0 Å². The molecule has 1 nitrogen and oxygen atoms in total. The number of hydrogen-bond donors (Lipinski definition) is 0. The molecular formula is C3H9InO. The standard InChI is InChI=1S/C3H6O.In.3H/c1-2-3-4;;;;/h3H,2H2,1H3;;;;. The topological polar surface area (TPSA) is 17.1 Å². The van der Waals surface area contributed by atoms with Crippen LogP contribution >= 0.6 is 0 Å². The molecule has 0 bridgehead atoms. The first-order chi connectivity index (χ1) is 1.91. The Morgan fingerprint density at radius 3 is 2.00 bits per heavy atom. The molecular weight excluding hydrogens is 167 g/mol. The summed E-state index contributed by atoms with van der Waals surface area (Å²) >= 11 is 0. The summed E-state index contributed by atoms with van der Waals surface area (Å²) in [6.45, 7) is 1.81. The van der Waals surface area contributed by atoms with E-state index in [1.165, 1.54) is 0 Å². The van der Waals surface area contributed by atoms with E-state index in [-0.39, 0.29) is 25.8 Å². The van der Waals surface area contributed by atoms with Crippen molar-refractivity contribution in [2.45, 2.75) is 13.3 Å². The van der Waals surface area contributed by atoms with Gasteiger partial charge in [-0.05, 0) is 0 Å². The van der Waals surface area contributed by atoms with Crippen molar-refractivity contribution in [2.24, 2.45) is 0 Å². The number of rotatable bonds is 1. The van der Waals surface area contributed by atoms with Crippen LogP contribution in [-0.4, -0.2) is 32.1 Å². The number of carbonyl (C=O) groups is 1. The van der Waals surface area contributed by atoms with Crippen LogP contribution in [0.4, 0.5) is 0 Å². The van der Waals surface area contributed by atoms with Gasteiger partial charge in [0.25, 0.3) is 0 Å². The van der Waals surface area contributed by atoms with E-state index in [4.69, 9.17) is 0 Å². The van der Waals surface area contributed by atoms with Crippen molar-refractivity contribution in [3.8, 4) is 0 Å². The van der Waals surface area contributed by atoms with Gasteiger partial charge in [-0.2, -0.15) is 0 Å². The Balaban J connectivity index is 0. The number of hydrogen-bond acceptors (Lipinski definition) is 1. The summed E-state index contributed by atoms with van der Waals surface area (Å²) in [5.74, 6) is 0.